The lowest BCUT2D eigenvalue weighted by Gasteiger charge is -2.23. The second-order valence-electron chi connectivity index (χ2n) is 5.63. The average Bonchev–Trinajstić information content (AvgIpc) is 2.95. The quantitative estimate of drug-likeness (QED) is 0.802. The Bertz CT molecular complexity index is 655. The highest BCUT2D eigenvalue weighted by molar-refractivity contribution is 6.36. The summed E-state index contributed by atoms with van der Waals surface area (Å²) >= 11 is 11.8. The van der Waals surface area contributed by atoms with Crippen molar-refractivity contribution in [1.29, 1.82) is 0 Å². The Hall–Kier alpha value is -1.51. The molecule has 0 bridgehead atoms. The van der Waals surface area contributed by atoms with E-state index in [2.05, 4.69) is 5.32 Å². The Morgan fingerprint density at radius 3 is 2.64 bits per heavy atom. The van der Waals surface area contributed by atoms with Crippen molar-refractivity contribution in [3.8, 4) is 0 Å². The zero-order valence-electron chi connectivity index (χ0n) is 13.0. The van der Waals surface area contributed by atoms with Crippen LogP contribution in [0.2, 0.25) is 10.0 Å². The van der Waals surface area contributed by atoms with Crippen molar-refractivity contribution in [2.24, 2.45) is 0 Å². The van der Waals surface area contributed by atoms with Gasteiger partial charge in [-0.25, -0.2) is 0 Å². The number of nitrogens with zero attached hydrogens (tertiary/aromatic N) is 1. The van der Waals surface area contributed by atoms with E-state index in [1.807, 2.05) is 0 Å². The number of halogens is 5. The van der Waals surface area contributed by atoms with Gasteiger partial charge in [0.25, 0.3) is 0 Å². The van der Waals surface area contributed by atoms with Crippen LogP contribution in [0.25, 0.3) is 0 Å². The lowest BCUT2D eigenvalue weighted by atomic mass is 10.2. The summed E-state index contributed by atoms with van der Waals surface area (Å²) in [5, 5.41) is 5.15. The minimum Gasteiger partial charge on any atom is -0.346 e. The average molecular weight is 398 g/mol. The second kappa shape index (κ2) is 8.25. The fourth-order valence-corrected chi connectivity index (χ4v) is 3.01. The molecule has 0 aromatic heterocycles. The van der Waals surface area contributed by atoms with E-state index in [0.29, 0.717) is 30.1 Å². The number of amides is 2. The molecule has 0 spiro atoms. The third-order valence-corrected chi connectivity index (χ3v) is 4.24. The van der Waals surface area contributed by atoms with Crippen LogP contribution in [0.15, 0.2) is 18.2 Å². The Morgan fingerprint density at radius 2 is 2.00 bits per heavy atom. The molecule has 1 aromatic carbocycles. The summed E-state index contributed by atoms with van der Waals surface area (Å²) in [5.74, 6) is -1.15. The minimum atomic E-state index is -4.47. The van der Waals surface area contributed by atoms with E-state index in [-0.39, 0.29) is 17.5 Å². The van der Waals surface area contributed by atoms with Crippen LogP contribution in [0.4, 0.5) is 18.9 Å². The highest BCUT2D eigenvalue weighted by atomic mass is 35.5. The molecule has 10 heteroatoms. The van der Waals surface area contributed by atoms with E-state index in [9.17, 15) is 22.8 Å². The van der Waals surface area contributed by atoms with Gasteiger partial charge in [-0.2, -0.15) is 13.2 Å². The summed E-state index contributed by atoms with van der Waals surface area (Å²) in [4.78, 5) is 25.6. The molecule has 0 aliphatic carbocycles. The molecule has 25 heavy (non-hydrogen) atoms. The zero-order valence-corrected chi connectivity index (χ0v) is 14.5. The Labute approximate surface area is 152 Å². The fourth-order valence-electron chi connectivity index (χ4n) is 2.56. The topological polar surface area (TPSA) is 61.4 Å². The van der Waals surface area contributed by atoms with Crippen LogP contribution in [-0.2, 0) is 9.59 Å². The summed E-state index contributed by atoms with van der Waals surface area (Å²) < 4.78 is 36.4. The van der Waals surface area contributed by atoms with Crippen molar-refractivity contribution >= 4 is 40.7 Å². The molecule has 2 N–H and O–H groups in total. The van der Waals surface area contributed by atoms with Gasteiger partial charge in [0.05, 0.1) is 23.3 Å². The lowest BCUT2D eigenvalue weighted by Crippen LogP contribution is -2.46. The number of nitrogens with one attached hydrogen (secondary N) is 2. The molecular weight excluding hydrogens is 382 g/mol. The van der Waals surface area contributed by atoms with Gasteiger partial charge in [0.15, 0.2) is 0 Å². The largest absolute Gasteiger partial charge is 0.405 e. The van der Waals surface area contributed by atoms with Gasteiger partial charge in [-0.3, -0.25) is 14.5 Å². The Kier molecular flexibility index (Phi) is 6.53. The van der Waals surface area contributed by atoms with Gasteiger partial charge in [-0.05, 0) is 37.6 Å². The van der Waals surface area contributed by atoms with E-state index in [4.69, 9.17) is 23.2 Å². The molecular formula is C15H16Cl2F3N3O2. The summed E-state index contributed by atoms with van der Waals surface area (Å²) in [5.41, 5.74) is 0.379. The zero-order chi connectivity index (χ0) is 18.6. The van der Waals surface area contributed by atoms with Crippen molar-refractivity contribution in [2.75, 3.05) is 25.0 Å². The number of hydrogen-bond acceptors (Lipinski definition) is 3. The number of carbonyl (C=O) groups excluding carboxylic acids is 2. The summed E-state index contributed by atoms with van der Waals surface area (Å²) in [6, 6.07) is 4.00. The van der Waals surface area contributed by atoms with Crippen LogP contribution in [0, 0.1) is 0 Å². The molecule has 1 heterocycles. The maximum atomic E-state index is 12.4. The fraction of sp³-hybridized carbons (Fsp3) is 0.467. The molecule has 138 valence electrons. The van der Waals surface area contributed by atoms with Gasteiger partial charge in [-0.15, -0.1) is 0 Å². The van der Waals surface area contributed by atoms with E-state index < -0.39 is 24.7 Å². The van der Waals surface area contributed by atoms with Crippen LogP contribution in [0.1, 0.15) is 12.8 Å². The summed E-state index contributed by atoms with van der Waals surface area (Å²) in [6.07, 6.45) is -3.30. The smallest absolute Gasteiger partial charge is 0.346 e. The number of rotatable bonds is 5. The van der Waals surface area contributed by atoms with Gasteiger partial charge >= 0.3 is 6.18 Å². The first-order valence-electron chi connectivity index (χ1n) is 7.49. The van der Waals surface area contributed by atoms with E-state index in [1.165, 1.54) is 6.07 Å². The second-order valence-corrected chi connectivity index (χ2v) is 6.48. The van der Waals surface area contributed by atoms with Crippen molar-refractivity contribution in [3.05, 3.63) is 28.2 Å². The standard InChI is InChI=1S/C15H16Cl2F3N3O2/c16-9-3-4-11(10(17)6-9)22-14(25)12-2-1-5-23(12)7-13(24)21-8-15(18,19)20/h3-4,6,12H,1-2,5,7-8H2,(H,21,24)(H,22,25)/t12-/m0/s1. The molecule has 1 aromatic rings. The van der Waals surface area contributed by atoms with E-state index >= 15 is 0 Å². The normalized spacial score (nSPS) is 18.2. The first-order valence-corrected chi connectivity index (χ1v) is 8.25. The van der Waals surface area contributed by atoms with Crippen molar-refractivity contribution in [1.82, 2.24) is 10.2 Å². The Morgan fingerprint density at radius 1 is 1.28 bits per heavy atom. The van der Waals surface area contributed by atoms with Gasteiger partial charge < -0.3 is 10.6 Å². The van der Waals surface area contributed by atoms with Crippen LogP contribution in [-0.4, -0.2) is 48.6 Å². The molecule has 1 saturated heterocycles. The summed E-state index contributed by atoms with van der Waals surface area (Å²) in [6.45, 7) is -1.22. The lowest BCUT2D eigenvalue weighted by molar-refractivity contribution is -0.139. The first kappa shape index (κ1) is 19.8. The Balaban J connectivity index is 1.93. The van der Waals surface area contributed by atoms with Gasteiger partial charge in [0.2, 0.25) is 11.8 Å². The SMILES string of the molecule is O=C(CN1CCC[C@H]1C(=O)Nc1ccc(Cl)cc1Cl)NCC(F)(F)F. The summed E-state index contributed by atoms with van der Waals surface area (Å²) in [7, 11) is 0. The van der Waals surface area contributed by atoms with Crippen molar-refractivity contribution in [2.45, 2.75) is 25.1 Å². The highest BCUT2D eigenvalue weighted by Crippen LogP contribution is 2.26. The predicted octanol–water partition coefficient (Wildman–Crippen LogP) is 3.07. The van der Waals surface area contributed by atoms with Crippen LogP contribution in [0.5, 0.6) is 0 Å². The van der Waals surface area contributed by atoms with Gasteiger partial charge in [-0.1, -0.05) is 23.2 Å². The first-order chi connectivity index (χ1) is 11.7. The molecule has 0 saturated carbocycles. The molecule has 0 radical (unpaired) electrons. The van der Waals surface area contributed by atoms with Crippen molar-refractivity contribution in [3.63, 3.8) is 0 Å². The maximum Gasteiger partial charge on any atom is 0.405 e. The third-order valence-electron chi connectivity index (χ3n) is 3.69. The number of hydrogen-bond donors (Lipinski definition) is 2. The van der Waals surface area contributed by atoms with Crippen LogP contribution < -0.4 is 10.6 Å². The molecule has 1 fully saturated rings. The van der Waals surface area contributed by atoms with E-state index in [1.54, 1.807) is 22.3 Å². The highest BCUT2D eigenvalue weighted by Gasteiger charge is 2.33. The number of benzene rings is 1. The number of likely N-dealkylation sites (tertiary alicyclic amines) is 1. The molecule has 2 rings (SSSR count). The number of carbonyl (C=O) groups is 2. The van der Waals surface area contributed by atoms with Crippen molar-refractivity contribution < 1.29 is 22.8 Å². The monoisotopic (exact) mass is 397 g/mol. The minimum absolute atomic E-state index is 0.272. The maximum absolute atomic E-state index is 12.4. The van der Waals surface area contributed by atoms with Crippen LogP contribution >= 0.6 is 23.2 Å². The van der Waals surface area contributed by atoms with Gasteiger partial charge in [0, 0.05) is 5.02 Å². The predicted molar refractivity (Wildman–Crippen MR) is 88.8 cm³/mol. The third kappa shape index (κ3) is 6.05. The molecule has 2 amide bonds. The van der Waals surface area contributed by atoms with Crippen LogP contribution in [0.3, 0.4) is 0 Å². The molecule has 0 unspecified atom stereocenters. The molecule has 1 aliphatic rings. The molecule has 1 atom stereocenters. The van der Waals surface area contributed by atoms with E-state index in [0.717, 1.165) is 0 Å². The number of anilines is 1. The van der Waals surface area contributed by atoms with Gasteiger partial charge in [0.1, 0.15) is 6.54 Å². The molecule has 5 nitrogen and oxygen atoms in total. The number of alkyl halides is 3. The molecule has 1 aliphatic heterocycles.